The molecule has 0 amide bonds. The maximum absolute atomic E-state index is 13.0. The minimum absolute atomic E-state index is 0.216. The molecular formula is C16H13FN2O3S. The Morgan fingerprint density at radius 1 is 1.30 bits per heavy atom. The highest BCUT2D eigenvalue weighted by molar-refractivity contribution is 7.16. The molecule has 0 aliphatic rings. The van der Waals surface area contributed by atoms with Crippen molar-refractivity contribution in [3.05, 3.63) is 53.6 Å². The van der Waals surface area contributed by atoms with Crippen molar-refractivity contribution in [2.45, 2.75) is 13.0 Å². The van der Waals surface area contributed by atoms with Gasteiger partial charge in [-0.15, -0.1) is 11.3 Å². The summed E-state index contributed by atoms with van der Waals surface area (Å²) >= 11 is 1.47. The van der Waals surface area contributed by atoms with Gasteiger partial charge in [-0.2, -0.15) is 0 Å². The zero-order valence-corrected chi connectivity index (χ0v) is 13.0. The van der Waals surface area contributed by atoms with Crippen LogP contribution in [0.25, 0.3) is 10.2 Å². The monoisotopic (exact) mass is 332 g/mol. The number of carbonyl (C=O) groups is 1. The number of hydrogen-bond donors (Lipinski definition) is 0. The molecule has 7 heteroatoms. The zero-order chi connectivity index (χ0) is 16.2. The molecule has 0 spiro atoms. The smallest absolute Gasteiger partial charge is 0.353 e. The summed E-state index contributed by atoms with van der Waals surface area (Å²) < 4.78 is 24.8. The number of halogens is 1. The van der Waals surface area contributed by atoms with E-state index in [2.05, 4.69) is 9.97 Å². The molecule has 1 unspecified atom stereocenters. The van der Waals surface area contributed by atoms with E-state index in [1.807, 2.05) is 6.07 Å². The lowest BCUT2D eigenvalue weighted by Gasteiger charge is -2.17. The van der Waals surface area contributed by atoms with Crippen molar-refractivity contribution in [2.75, 3.05) is 6.61 Å². The predicted octanol–water partition coefficient (Wildman–Crippen LogP) is 3.51. The Balaban J connectivity index is 1.90. The fraction of sp³-hybridized carbons (Fsp3) is 0.188. The molecule has 0 saturated carbocycles. The number of aromatic nitrogens is 2. The van der Waals surface area contributed by atoms with Crippen molar-refractivity contribution in [1.82, 2.24) is 9.97 Å². The lowest BCUT2D eigenvalue weighted by Crippen LogP contribution is -2.22. The van der Waals surface area contributed by atoms with Crippen LogP contribution >= 0.6 is 11.3 Å². The summed E-state index contributed by atoms with van der Waals surface area (Å²) in [5.74, 6) is -0.565. The van der Waals surface area contributed by atoms with Crippen molar-refractivity contribution in [2.24, 2.45) is 0 Å². The first kappa shape index (κ1) is 15.4. The van der Waals surface area contributed by atoms with E-state index in [1.54, 1.807) is 24.6 Å². The maximum atomic E-state index is 13.0. The largest absolute Gasteiger partial charge is 0.472 e. The number of nitrogens with zero attached hydrogens (tertiary/aromatic N) is 2. The lowest BCUT2D eigenvalue weighted by molar-refractivity contribution is -0.152. The Morgan fingerprint density at radius 2 is 2.17 bits per heavy atom. The first-order valence-electron chi connectivity index (χ1n) is 6.95. The molecule has 3 aromatic rings. The van der Waals surface area contributed by atoms with Gasteiger partial charge >= 0.3 is 5.97 Å². The van der Waals surface area contributed by atoms with Gasteiger partial charge in [0.1, 0.15) is 11.6 Å². The molecule has 0 saturated heterocycles. The fourth-order valence-corrected chi connectivity index (χ4v) is 2.74. The Hall–Kier alpha value is -2.54. The average molecular weight is 332 g/mol. The Morgan fingerprint density at radius 3 is 2.91 bits per heavy atom. The third kappa shape index (κ3) is 3.45. The first-order valence-corrected chi connectivity index (χ1v) is 7.83. The lowest BCUT2D eigenvalue weighted by atomic mass is 10.2. The Labute approximate surface area is 135 Å². The second kappa shape index (κ2) is 6.70. The van der Waals surface area contributed by atoms with Gasteiger partial charge < -0.3 is 9.47 Å². The van der Waals surface area contributed by atoms with Crippen molar-refractivity contribution >= 4 is 27.5 Å². The van der Waals surface area contributed by atoms with E-state index in [0.29, 0.717) is 5.75 Å². The molecule has 23 heavy (non-hydrogen) atoms. The molecule has 1 atom stereocenters. The maximum Gasteiger partial charge on any atom is 0.353 e. The van der Waals surface area contributed by atoms with Crippen molar-refractivity contribution in [3.63, 3.8) is 0 Å². The molecular weight excluding hydrogens is 319 g/mol. The molecule has 0 N–H and O–H groups in total. The normalized spacial score (nSPS) is 12.1. The van der Waals surface area contributed by atoms with Crippen LogP contribution in [0.15, 0.2) is 42.0 Å². The molecule has 0 fully saturated rings. The first-order chi connectivity index (χ1) is 11.2. The second-order valence-electron chi connectivity index (χ2n) is 4.63. The highest BCUT2D eigenvalue weighted by Gasteiger charge is 2.26. The van der Waals surface area contributed by atoms with Crippen LogP contribution in [0, 0.1) is 5.82 Å². The number of esters is 1. The van der Waals surface area contributed by atoms with E-state index in [9.17, 15) is 9.18 Å². The van der Waals surface area contributed by atoms with Gasteiger partial charge in [0.25, 0.3) is 0 Å². The number of thiazole rings is 1. The van der Waals surface area contributed by atoms with E-state index in [4.69, 9.17) is 9.47 Å². The van der Waals surface area contributed by atoms with Crippen molar-refractivity contribution in [1.29, 1.82) is 0 Å². The van der Waals surface area contributed by atoms with E-state index < -0.39 is 17.9 Å². The topological polar surface area (TPSA) is 61.3 Å². The van der Waals surface area contributed by atoms with Crippen LogP contribution in [0.5, 0.6) is 5.75 Å². The molecule has 0 radical (unpaired) electrons. The number of carbonyl (C=O) groups excluding carboxylic acids is 1. The second-order valence-corrected chi connectivity index (χ2v) is 5.52. The van der Waals surface area contributed by atoms with Crippen LogP contribution in [-0.4, -0.2) is 22.5 Å². The number of ether oxygens (including phenoxy) is 2. The van der Waals surface area contributed by atoms with Crippen molar-refractivity contribution < 1.29 is 18.7 Å². The summed E-state index contributed by atoms with van der Waals surface area (Å²) in [6.45, 7) is 1.92. The molecule has 118 valence electrons. The summed E-state index contributed by atoms with van der Waals surface area (Å²) in [5, 5.41) is 0. The van der Waals surface area contributed by atoms with Crippen LogP contribution in [0.2, 0.25) is 0 Å². The molecule has 2 heterocycles. The van der Waals surface area contributed by atoms with Gasteiger partial charge in [-0.3, -0.25) is 4.98 Å². The van der Waals surface area contributed by atoms with Gasteiger partial charge in [0.2, 0.25) is 6.10 Å². The number of fused-ring (bicyclic) bond motifs is 1. The molecule has 1 aromatic carbocycles. The highest BCUT2D eigenvalue weighted by atomic mass is 32.1. The van der Waals surface area contributed by atoms with Crippen LogP contribution in [0.3, 0.4) is 0 Å². The summed E-state index contributed by atoms with van der Waals surface area (Å²) in [7, 11) is 0. The van der Waals surface area contributed by atoms with Crippen LogP contribution in [0.1, 0.15) is 18.7 Å². The van der Waals surface area contributed by atoms with Crippen LogP contribution in [0.4, 0.5) is 4.39 Å². The minimum atomic E-state index is -1.05. The van der Waals surface area contributed by atoms with E-state index in [1.165, 1.54) is 23.5 Å². The molecule has 2 aromatic heterocycles. The summed E-state index contributed by atoms with van der Waals surface area (Å²) in [6.07, 6.45) is -0.0157. The van der Waals surface area contributed by atoms with Crippen LogP contribution < -0.4 is 4.74 Å². The average Bonchev–Trinajstić information content (AvgIpc) is 3.01. The van der Waals surface area contributed by atoms with Gasteiger partial charge in [-0.25, -0.2) is 14.2 Å². The summed E-state index contributed by atoms with van der Waals surface area (Å²) in [5.41, 5.74) is 2.88. The van der Waals surface area contributed by atoms with Gasteiger partial charge in [0.05, 0.1) is 34.2 Å². The van der Waals surface area contributed by atoms with Gasteiger partial charge in [-0.1, -0.05) is 0 Å². The van der Waals surface area contributed by atoms with E-state index in [0.717, 1.165) is 16.4 Å². The Kier molecular flexibility index (Phi) is 4.47. The Bertz CT molecular complexity index is 820. The van der Waals surface area contributed by atoms with Gasteiger partial charge in [0, 0.05) is 0 Å². The number of benzene rings is 1. The quantitative estimate of drug-likeness (QED) is 0.669. The minimum Gasteiger partial charge on any atom is -0.472 e. The SMILES string of the molecule is CCOC(=O)C(Oc1ccc2ncsc2c1)c1ccc(F)cn1. The van der Waals surface area contributed by atoms with E-state index in [-0.39, 0.29) is 12.3 Å². The summed E-state index contributed by atoms with van der Waals surface area (Å²) in [4.78, 5) is 20.3. The molecule has 3 rings (SSSR count). The third-order valence-corrected chi connectivity index (χ3v) is 3.87. The number of hydrogen-bond acceptors (Lipinski definition) is 6. The van der Waals surface area contributed by atoms with Gasteiger partial charge in [0.15, 0.2) is 0 Å². The zero-order valence-electron chi connectivity index (χ0n) is 12.2. The van der Waals surface area contributed by atoms with Crippen molar-refractivity contribution in [3.8, 4) is 5.75 Å². The van der Waals surface area contributed by atoms with Crippen LogP contribution in [-0.2, 0) is 9.53 Å². The summed E-state index contributed by atoms with van der Waals surface area (Å²) in [6, 6.07) is 7.95. The number of pyridine rings is 1. The third-order valence-electron chi connectivity index (χ3n) is 3.08. The van der Waals surface area contributed by atoms with Gasteiger partial charge in [-0.05, 0) is 37.3 Å². The highest BCUT2D eigenvalue weighted by Crippen LogP contribution is 2.27. The standard InChI is InChI=1S/C16H13FN2O3S/c1-2-21-16(20)15(13-5-3-10(17)8-18-13)22-11-4-6-12-14(7-11)23-9-19-12/h3-9,15H,2H2,1H3. The van der Waals surface area contributed by atoms with E-state index >= 15 is 0 Å². The fourth-order valence-electron chi connectivity index (χ4n) is 2.03. The molecule has 0 aliphatic heterocycles. The number of rotatable bonds is 5. The molecule has 0 bridgehead atoms. The predicted molar refractivity (Wildman–Crippen MR) is 83.8 cm³/mol. The molecule has 0 aliphatic carbocycles. The molecule has 5 nitrogen and oxygen atoms in total.